The molecule has 0 aliphatic heterocycles. The molecule has 0 atom stereocenters. The zero-order valence-corrected chi connectivity index (χ0v) is 14.3. The summed E-state index contributed by atoms with van der Waals surface area (Å²) in [5.74, 6) is -0.174. The van der Waals surface area contributed by atoms with Crippen molar-refractivity contribution in [1.82, 2.24) is 10.3 Å². The molecule has 0 radical (unpaired) electrons. The molecule has 0 saturated heterocycles. The van der Waals surface area contributed by atoms with Gasteiger partial charge in [-0.05, 0) is 23.3 Å². The topological polar surface area (TPSA) is 54.0 Å². The summed E-state index contributed by atoms with van der Waals surface area (Å²) in [6.07, 6.45) is 1.58. The highest BCUT2D eigenvalue weighted by Crippen LogP contribution is 2.22. The third-order valence-corrected chi connectivity index (χ3v) is 4.07. The summed E-state index contributed by atoms with van der Waals surface area (Å²) in [6, 6.07) is 23.5. The van der Waals surface area contributed by atoms with Crippen molar-refractivity contribution in [1.29, 1.82) is 0 Å². The van der Waals surface area contributed by atoms with Crippen molar-refractivity contribution in [2.45, 2.75) is 6.04 Å². The van der Waals surface area contributed by atoms with E-state index in [1.165, 1.54) is 0 Å². The van der Waals surface area contributed by atoms with Crippen molar-refractivity contribution in [3.63, 3.8) is 0 Å². The molecule has 126 valence electrons. The van der Waals surface area contributed by atoms with Gasteiger partial charge in [-0.15, -0.1) is 0 Å². The lowest BCUT2D eigenvalue weighted by atomic mass is 9.99. The third-order valence-electron chi connectivity index (χ3n) is 3.77. The molecule has 1 aromatic heterocycles. The second-order valence-electron chi connectivity index (χ2n) is 5.53. The first-order chi connectivity index (χ1) is 12.2. The molecule has 2 aromatic carbocycles. The van der Waals surface area contributed by atoms with Gasteiger partial charge < -0.3 is 5.32 Å². The molecule has 0 bridgehead atoms. The maximum Gasteiger partial charge on any atom is 0.238 e. The summed E-state index contributed by atoms with van der Waals surface area (Å²) >= 11 is 5.98. The minimum absolute atomic E-state index is 0.0717. The highest BCUT2D eigenvalue weighted by Gasteiger charge is 2.15. The fraction of sp³-hybridized carbons (Fsp3) is 0.100. The van der Waals surface area contributed by atoms with E-state index in [9.17, 15) is 4.79 Å². The second kappa shape index (κ2) is 8.42. The Balaban J connectivity index is 1.71. The average Bonchev–Trinajstić information content (AvgIpc) is 2.66. The molecule has 0 aliphatic rings. The first kappa shape index (κ1) is 17.1. The summed E-state index contributed by atoms with van der Waals surface area (Å²) in [6.45, 7) is 0.152. The van der Waals surface area contributed by atoms with Gasteiger partial charge in [-0.1, -0.05) is 72.3 Å². The SMILES string of the molecule is O=C(CNC(c1ccccc1)c1ccccc1)Nc1cccnc1Cl. The van der Waals surface area contributed by atoms with Crippen LogP contribution in [0.5, 0.6) is 0 Å². The molecule has 0 aliphatic carbocycles. The first-order valence-electron chi connectivity index (χ1n) is 7.97. The zero-order chi connectivity index (χ0) is 17.5. The van der Waals surface area contributed by atoms with Gasteiger partial charge in [0.25, 0.3) is 0 Å². The van der Waals surface area contributed by atoms with Crippen LogP contribution in [-0.2, 0) is 4.79 Å². The molecule has 3 aromatic rings. The van der Waals surface area contributed by atoms with Crippen LogP contribution < -0.4 is 10.6 Å². The van der Waals surface area contributed by atoms with Gasteiger partial charge in [0.15, 0.2) is 5.15 Å². The molecular weight excluding hydrogens is 334 g/mol. The predicted octanol–water partition coefficient (Wildman–Crippen LogP) is 4.05. The van der Waals surface area contributed by atoms with Gasteiger partial charge in [0.2, 0.25) is 5.91 Å². The van der Waals surface area contributed by atoms with Crippen LogP contribution in [0.4, 0.5) is 5.69 Å². The number of nitrogens with zero attached hydrogens (tertiary/aromatic N) is 1. The van der Waals surface area contributed by atoms with Crippen molar-refractivity contribution in [3.05, 3.63) is 95.3 Å². The molecule has 0 spiro atoms. The van der Waals surface area contributed by atoms with Crippen LogP contribution in [0.15, 0.2) is 79.0 Å². The standard InChI is InChI=1S/C20H18ClN3O/c21-20-17(12-7-13-22-20)24-18(25)14-23-19(15-8-3-1-4-9-15)16-10-5-2-6-11-16/h1-13,19,23H,14H2,(H,24,25). The molecule has 0 fully saturated rings. The normalized spacial score (nSPS) is 10.6. The van der Waals surface area contributed by atoms with Gasteiger partial charge in [-0.2, -0.15) is 0 Å². The first-order valence-corrected chi connectivity index (χ1v) is 8.35. The number of aromatic nitrogens is 1. The van der Waals surface area contributed by atoms with E-state index < -0.39 is 0 Å². The highest BCUT2D eigenvalue weighted by atomic mass is 35.5. The lowest BCUT2D eigenvalue weighted by Crippen LogP contribution is -2.32. The van der Waals surface area contributed by atoms with E-state index >= 15 is 0 Å². The largest absolute Gasteiger partial charge is 0.322 e. The number of anilines is 1. The zero-order valence-electron chi connectivity index (χ0n) is 13.5. The maximum atomic E-state index is 12.3. The molecule has 2 N–H and O–H groups in total. The Morgan fingerprint density at radius 1 is 0.920 bits per heavy atom. The van der Waals surface area contributed by atoms with Gasteiger partial charge in [0, 0.05) is 6.20 Å². The van der Waals surface area contributed by atoms with E-state index in [0.29, 0.717) is 5.69 Å². The maximum absolute atomic E-state index is 12.3. The van der Waals surface area contributed by atoms with E-state index in [1.807, 2.05) is 60.7 Å². The number of rotatable bonds is 6. The lowest BCUT2D eigenvalue weighted by Gasteiger charge is -2.19. The van der Waals surface area contributed by atoms with E-state index in [4.69, 9.17) is 11.6 Å². The number of nitrogens with one attached hydrogen (secondary N) is 2. The molecular formula is C20H18ClN3O. The summed E-state index contributed by atoms with van der Waals surface area (Å²) in [4.78, 5) is 16.2. The van der Waals surface area contributed by atoms with Crippen molar-refractivity contribution < 1.29 is 4.79 Å². The molecule has 1 amide bonds. The monoisotopic (exact) mass is 351 g/mol. The van der Waals surface area contributed by atoms with Crippen molar-refractivity contribution >= 4 is 23.2 Å². The molecule has 3 rings (SSSR count). The van der Waals surface area contributed by atoms with Crippen LogP contribution in [0, 0.1) is 0 Å². The molecule has 5 heteroatoms. The van der Waals surface area contributed by atoms with Crippen LogP contribution in [0.3, 0.4) is 0 Å². The van der Waals surface area contributed by atoms with Crippen LogP contribution in [0.25, 0.3) is 0 Å². The van der Waals surface area contributed by atoms with Crippen molar-refractivity contribution in [3.8, 4) is 0 Å². The Kier molecular flexibility index (Phi) is 5.77. The molecule has 1 heterocycles. The van der Waals surface area contributed by atoms with E-state index in [1.54, 1.807) is 18.3 Å². The summed E-state index contributed by atoms with van der Waals surface area (Å²) in [5, 5.41) is 6.37. The molecule has 4 nitrogen and oxygen atoms in total. The number of halogens is 1. The number of amides is 1. The quantitative estimate of drug-likeness (QED) is 0.659. The Morgan fingerprint density at radius 2 is 1.52 bits per heavy atom. The number of hydrogen-bond acceptors (Lipinski definition) is 3. The van der Waals surface area contributed by atoms with Gasteiger partial charge in [0.1, 0.15) is 0 Å². The van der Waals surface area contributed by atoms with E-state index in [2.05, 4.69) is 15.6 Å². The predicted molar refractivity (Wildman–Crippen MR) is 101 cm³/mol. The van der Waals surface area contributed by atoms with Gasteiger partial charge >= 0.3 is 0 Å². The third kappa shape index (κ3) is 4.66. The number of carbonyl (C=O) groups is 1. The Labute approximate surface area is 151 Å². The number of pyridine rings is 1. The number of hydrogen-bond donors (Lipinski definition) is 2. The van der Waals surface area contributed by atoms with Gasteiger partial charge in [-0.3, -0.25) is 10.1 Å². The summed E-state index contributed by atoms with van der Waals surface area (Å²) < 4.78 is 0. The summed E-state index contributed by atoms with van der Waals surface area (Å²) in [5.41, 5.74) is 2.70. The average molecular weight is 352 g/mol. The minimum Gasteiger partial charge on any atom is -0.322 e. The van der Waals surface area contributed by atoms with Crippen LogP contribution in [-0.4, -0.2) is 17.4 Å². The Morgan fingerprint density at radius 3 is 2.08 bits per heavy atom. The highest BCUT2D eigenvalue weighted by molar-refractivity contribution is 6.32. The van der Waals surface area contributed by atoms with Gasteiger partial charge in [0.05, 0.1) is 18.3 Å². The molecule has 25 heavy (non-hydrogen) atoms. The lowest BCUT2D eigenvalue weighted by molar-refractivity contribution is -0.115. The molecule has 0 saturated carbocycles. The fourth-order valence-corrected chi connectivity index (χ4v) is 2.75. The van der Waals surface area contributed by atoms with Crippen LogP contribution in [0.2, 0.25) is 5.15 Å². The number of benzene rings is 2. The smallest absolute Gasteiger partial charge is 0.238 e. The van der Waals surface area contributed by atoms with Crippen molar-refractivity contribution in [2.75, 3.05) is 11.9 Å². The minimum atomic E-state index is -0.174. The van der Waals surface area contributed by atoms with Crippen LogP contribution >= 0.6 is 11.6 Å². The van der Waals surface area contributed by atoms with Crippen molar-refractivity contribution in [2.24, 2.45) is 0 Å². The fourth-order valence-electron chi connectivity index (χ4n) is 2.59. The Hall–Kier alpha value is -2.69. The summed E-state index contributed by atoms with van der Waals surface area (Å²) in [7, 11) is 0. The Bertz CT molecular complexity index is 785. The van der Waals surface area contributed by atoms with Crippen LogP contribution in [0.1, 0.15) is 17.2 Å². The second-order valence-corrected chi connectivity index (χ2v) is 5.88. The number of carbonyl (C=O) groups excluding carboxylic acids is 1. The van der Waals surface area contributed by atoms with Gasteiger partial charge in [-0.25, -0.2) is 4.98 Å². The van der Waals surface area contributed by atoms with E-state index in [0.717, 1.165) is 11.1 Å². The van der Waals surface area contributed by atoms with E-state index in [-0.39, 0.29) is 23.6 Å². The molecule has 0 unspecified atom stereocenters.